The van der Waals surface area contributed by atoms with Crippen LogP contribution in [0.1, 0.15) is 50.2 Å². The Balaban J connectivity index is 1.51. The highest BCUT2D eigenvalue weighted by atomic mass is 16.4. The van der Waals surface area contributed by atoms with E-state index in [0.29, 0.717) is 6.04 Å². The van der Waals surface area contributed by atoms with Crippen LogP contribution in [0, 0.1) is 5.92 Å². The SMILES string of the molecule is O=C(O)C1CCC(NCc2nnc3n2CCCC3)CC1. The molecule has 0 saturated heterocycles. The van der Waals surface area contributed by atoms with E-state index in [1.807, 2.05) is 0 Å². The van der Waals surface area contributed by atoms with Crippen LogP contribution in [-0.4, -0.2) is 31.9 Å². The van der Waals surface area contributed by atoms with Crippen LogP contribution in [0.2, 0.25) is 0 Å². The first-order valence-electron chi connectivity index (χ1n) is 7.61. The first kappa shape index (κ1) is 13.5. The predicted molar refractivity (Wildman–Crippen MR) is 73.2 cm³/mol. The summed E-state index contributed by atoms with van der Waals surface area (Å²) >= 11 is 0. The number of nitrogens with one attached hydrogen (secondary N) is 1. The summed E-state index contributed by atoms with van der Waals surface area (Å²) in [6.45, 7) is 1.78. The maximum absolute atomic E-state index is 10.9. The van der Waals surface area contributed by atoms with Crippen molar-refractivity contribution >= 4 is 5.97 Å². The summed E-state index contributed by atoms with van der Waals surface area (Å²) in [4.78, 5) is 10.9. The first-order valence-corrected chi connectivity index (χ1v) is 7.61. The average molecular weight is 278 g/mol. The molecule has 110 valence electrons. The number of carbonyl (C=O) groups is 1. The van der Waals surface area contributed by atoms with E-state index in [2.05, 4.69) is 20.1 Å². The third-order valence-corrected chi connectivity index (χ3v) is 4.56. The molecule has 0 radical (unpaired) electrons. The molecular weight excluding hydrogens is 256 g/mol. The van der Waals surface area contributed by atoms with Crippen LogP contribution in [0.4, 0.5) is 0 Å². The van der Waals surface area contributed by atoms with Crippen LogP contribution >= 0.6 is 0 Å². The van der Waals surface area contributed by atoms with E-state index in [9.17, 15) is 4.79 Å². The van der Waals surface area contributed by atoms with E-state index in [4.69, 9.17) is 5.11 Å². The smallest absolute Gasteiger partial charge is 0.306 e. The topological polar surface area (TPSA) is 80.0 Å². The molecule has 2 N–H and O–H groups in total. The Hall–Kier alpha value is -1.43. The van der Waals surface area contributed by atoms with Gasteiger partial charge in [0.1, 0.15) is 11.6 Å². The summed E-state index contributed by atoms with van der Waals surface area (Å²) in [6.07, 6.45) is 6.91. The Labute approximate surface area is 118 Å². The summed E-state index contributed by atoms with van der Waals surface area (Å²) < 4.78 is 2.24. The second-order valence-corrected chi connectivity index (χ2v) is 5.91. The quantitative estimate of drug-likeness (QED) is 0.869. The molecule has 0 atom stereocenters. The summed E-state index contributed by atoms with van der Waals surface area (Å²) in [5.41, 5.74) is 0. The largest absolute Gasteiger partial charge is 0.481 e. The van der Waals surface area contributed by atoms with Crippen LogP contribution in [0.15, 0.2) is 0 Å². The lowest BCUT2D eigenvalue weighted by molar-refractivity contribution is -0.142. The number of aliphatic carboxylic acids is 1. The third-order valence-electron chi connectivity index (χ3n) is 4.56. The third kappa shape index (κ3) is 2.85. The Morgan fingerprint density at radius 1 is 1.25 bits per heavy atom. The van der Waals surface area contributed by atoms with Crippen LogP contribution in [-0.2, 0) is 24.3 Å². The van der Waals surface area contributed by atoms with Gasteiger partial charge in [0, 0.05) is 19.0 Å². The van der Waals surface area contributed by atoms with Gasteiger partial charge in [0.15, 0.2) is 0 Å². The molecule has 2 aliphatic rings. The highest BCUT2D eigenvalue weighted by Crippen LogP contribution is 2.24. The molecule has 6 heteroatoms. The van der Waals surface area contributed by atoms with Crippen molar-refractivity contribution in [3.05, 3.63) is 11.6 Å². The lowest BCUT2D eigenvalue weighted by Gasteiger charge is -2.27. The van der Waals surface area contributed by atoms with E-state index < -0.39 is 5.97 Å². The second kappa shape index (κ2) is 5.91. The molecule has 0 spiro atoms. The maximum atomic E-state index is 10.9. The second-order valence-electron chi connectivity index (χ2n) is 5.91. The molecule has 1 fully saturated rings. The highest BCUT2D eigenvalue weighted by molar-refractivity contribution is 5.70. The standard InChI is InChI=1S/C14H22N4O2/c19-14(20)10-4-6-11(7-5-10)15-9-13-17-16-12-3-1-2-8-18(12)13/h10-11,15H,1-9H2,(H,19,20). The van der Waals surface area contributed by atoms with Crippen LogP contribution < -0.4 is 5.32 Å². The zero-order valence-electron chi connectivity index (χ0n) is 11.7. The molecule has 0 aromatic carbocycles. The van der Waals surface area contributed by atoms with Gasteiger partial charge in [0.25, 0.3) is 0 Å². The van der Waals surface area contributed by atoms with E-state index in [0.717, 1.165) is 56.8 Å². The molecule has 0 amide bonds. The summed E-state index contributed by atoms with van der Waals surface area (Å²) in [7, 11) is 0. The molecular formula is C14H22N4O2. The number of hydrogen-bond donors (Lipinski definition) is 2. The molecule has 0 bridgehead atoms. The molecule has 20 heavy (non-hydrogen) atoms. The number of fused-ring (bicyclic) bond motifs is 1. The number of aryl methyl sites for hydroxylation is 1. The van der Waals surface area contributed by atoms with Gasteiger partial charge in [0.05, 0.1) is 12.5 Å². The molecule has 3 rings (SSSR count). The molecule has 1 aliphatic carbocycles. The van der Waals surface area contributed by atoms with Gasteiger partial charge in [-0.05, 0) is 38.5 Å². The Morgan fingerprint density at radius 3 is 2.80 bits per heavy atom. The molecule has 1 saturated carbocycles. The van der Waals surface area contributed by atoms with E-state index in [-0.39, 0.29) is 5.92 Å². The summed E-state index contributed by atoms with van der Waals surface area (Å²) in [5.74, 6) is 1.35. The number of aromatic nitrogens is 3. The van der Waals surface area contributed by atoms with Gasteiger partial charge < -0.3 is 15.0 Å². The fourth-order valence-electron chi connectivity index (χ4n) is 3.28. The predicted octanol–water partition coefficient (Wildman–Crippen LogP) is 1.35. The normalized spacial score (nSPS) is 26.2. The van der Waals surface area contributed by atoms with Crippen molar-refractivity contribution in [3.8, 4) is 0 Å². The highest BCUT2D eigenvalue weighted by Gasteiger charge is 2.26. The fourth-order valence-corrected chi connectivity index (χ4v) is 3.28. The minimum absolute atomic E-state index is 0.145. The molecule has 0 unspecified atom stereocenters. The van der Waals surface area contributed by atoms with E-state index in [1.54, 1.807) is 0 Å². The van der Waals surface area contributed by atoms with Crippen molar-refractivity contribution in [3.63, 3.8) is 0 Å². The number of carboxylic acid groups (broad SMARTS) is 1. The minimum atomic E-state index is -0.644. The zero-order valence-corrected chi connectivity index (χ0v) is 11.7. The molecule has 2 heterocycles. The van der Waals surface area contributed by atoms with Gasteiger partial charge in [-0.15, -0.1) is 10.2 Å². The average Bonchev–Trinajstić information content (AvgIpc) is 2.89. The van der Waals surface area contributed by atoms with Crippen molar-refractivity contribution < 1.29 is 9.90 Å². The zero-order chi connectivity index (χ0) is 13.9. The monoisotopic (exact) mass is 278 g/mol. The fraction of sp³-hybridized carbons (Fsp3) is 0.786. The van der Waals surface area contributed by atoms with E-state index >= 15 is 0 Å². The Morgan fingerprint density at radius 2 is 2.05 bits per heavy atom. The van der Waals surface area contributed by atoms with Gasteiger partial charge in [-0.1, -0.05) is 0 Å². The summed E-state index contributed by atoms with van der Waals surface area (Å²) in [5, 5.41) is 21.0. The van der Waals surface area contributed by atoms with Crippen molar-refractivity contribution in [2.24, 2.45) is 5.92 Å². The molecule has 1 aromatic heterocycles. The Kier molecular flexibility index (Phi) is 4.00. The van der Waals surface area contributed by atoms with Crippen LogP contribution in [0.3, 0.4) is 0 Å². The number of carboxylic acids is 1. The van der Waals surface area contributed by atoms with Crippen molar-refractivity contribution in [2.45, 2.75) is 64.1 Å². The molecule has 6 nitrogen and oxygen atoms in total. The van der Waals surface area contributed by atoms with Crippen LogP contribution in [0.25, 0.3) is 0 Å². The van der Waals surface area contributed by atoms with Crippen molar-refractivity contribution in [2.75, 3.05) is 0 Å². The van der Waals surface area contributed by atoms with Crippen molar-refractivity contribution in [1.82, 2.24) is 20.1 Å². The molecule has 1 aliphatic heterocycles. The summed E-state index contributed by atoms with van der Waals surface area (Å²) in [6, 6.07) is 0.419. The van der Waals surface area contributed by atoms with E-state index in [1.165, 1.54) is 12.8 Å². The Bertz CT molecular complexity index is 478. The number of hydrogen-bond acceptors (Lipinski definition) is 4. The lowest BCUT2D eigenvalue weighted by atomic mass is 9.86. The lowest BCUT2D eigenvalue weighted by Crippen LogP contribution is -2.35. The van der Waals surface area contributed by atoms with Gasteiger partial charge in [-0.25, -0.2) is 0 Å². The minimum Gasteiger partial charge on any atom is -0.481 e. The van der Waals surface area contributed by atoms with Crippen molar-refractivity contribution in [1.29, 1.82) is 0 Å². The number of nitrogens with zero attached hydrogens (tertiary/aromatic N) is 3. The van der Waals surface area contributed by atoms with Crippen LogP contribution in [0.5, 0.6) is 0 Å². The maximum Gasteiger partial charge on any atom is 0.306 e. The number of rotatable bonds is 4. The van der Waals surface area contributed by atoms with Gasteiger partial charge in [-0.3, -0.25) is 4.79 Å². The van der Waals surface area contributed by atoms with Gasteiger partial charge in [-0.2, -0.15) is 0 Å². The van der Waals surface area contributed by atoms with Gasteiger partial charge >= 0.3 is 5.97 Å². The van der Waals surface area contributed by atoms with Gasteiger partial charge in [0.2, 0.25) is 0 Å². The first-order chi connectivity index (χ1) is 9.74. The molecule has 1 aromatic rings.